The second kappa shape index (κ2) is 15.7. The molecule has 2 fully saturated rings. The Balaban J connectivity index is 1.28. The van der Waals surface area contributed by atoms with Crippen molar-refractivity contribution in [3.05, 3.63) is 82.5 Å². The fourth-order valence-electron chi connectivity index (χ4n) is 6.54. The van der Waals surface area contributed by atoms with E-state index < -0.39 is 11.7 Å². The Morgan fingerprint density at radius 3 is 2.10 bits per heavy atom. The standard InChI is InChI=1S/C37H38ClF3N6O4/c1-50-30-16-21(6-7-22(30)17-42-19-24-9-12-31(48)45-24)35-34(38)27(14-15-44-35)26-4-3-5-28(33(26)37(39,40)41)29-11-8-23(36(47-29)51-2)18-43-20-25-10-13-32(49)46-25/h3-8,11,14-16,24-25,42-43H,9-10,12-13,17-20H2,1-2H3,(H,45,48)(H,46,49)/t24-,25+/m0/s1. The third kappa shape index (κ3) is 8.27. The molecular formula is C37H38ClF3N6O4. The van der Waals surface area contributed by atoms with Crippen LogP contribution in [0.25, 0.3) is 33.6 Å². The highest BCUT2D eigenvalue weighted by molar-refractivity contribution is 6.35. The summed E-state index contributed by atoms with van der Waals surface area (Å²) in [4.78, 5) is 31.9. The van der Waals surface area contributed by atoms with Crippen LogP contribution >= 0.6 is 11.6 Å². The number of hydrogen-bond donors (Lipinski definition) is 4. The molecule has 51 heavy (non-hydrogen) atoms. The van der Waals surface area contributed by atoms with Crippen LogP contribution in [0, 0.1) is 0 Å². The number of carbonyl (C=O) groups is 2. The van der Waals surface area contributed by atoms with Gasteiger partial charge in [0.2, 0.25) is 17.7 Å². The Labute approximate surface area is 298 Å². The number of nitrogens with one attached hydrogen (secondary N) is 4. The van der Waals surface area contributed by atoms with Crippen LogP contribution in [-0.4, -0.2) is 61.2 Å². The van der Waals surface area contributed by atoms with Gasteiger partial charge in [-0.2, -0.15) is 13.2 Å². The minimum absolute atomic E-state index is 0.0179. The first-order chi connectivity index (χ1) is 24.5. The molecule has 0 saturated carbocycles. The lowest BCUT2D eigenvalue weighted by atomic mass is 9.92. The van der Waals surface area contributed by atoms with Crippen molar-refractivity contribution in [3.8, 4) is 45.3 Å². The molecule has 10 nitrogen and oxygen atoms in total. The molecule has 268 valence electrons. The molecule has 4 heterocycles. The van der Waals surface area contributed by atoms with E-state index in [9.17, 15) is 9.59 Å². The normalized spacial score (nSPS) is 17.4. The number of aromatic nitrogens is 2. The van der Waals surface area contributed by atoms with Crippen molar-refractivity contribution in [3.63, 3.8) is 0 Å². The number of benzene rings is 2. The monoisotopic (exact) mass is 722 g/mol. The molecule has 2 aliphatic heterocycles. The number of amides is 2. The summed E-state index contributed by atoms with van der Waals surface area (Å²) in [5, 5.41) is 12.5. The van der Waals surface area contributed by atoms with E-state index in [1.807, 2.05) is 6.07 Å². The number of pyridine rings is 2. The maximum atomic E-state index is 15.0. The maximum Gasteiger partial charge on any atom is 0.417 e. The van der Waals surface area contributed by atoms with Crippen molar-refractivity contribution < 1.29 is 32.2 Å². The second-order valence-electron chi connectivity index (χ2n) is 12.5. The van der Waals surface area contributed by atoms with Gasteiger partial charge in [-0.3, -0.25) is 14.6 Å². The summed E-state index contributed by atoms with van der Waals surface area (Å²) in [6, 6.07) is 14.5. The zero-order valence-electron chi connectivity index (χ0n) is 28.1. The van der Waals surface area contributed by atoms with Crippen LogP contribution in [0.2, 0.25) is 5.02 Å². The van der Waals surface area contributed by atoms with Gasteiger partial charge < -0.3 is 30.7 Å². The lowest BCUT2D eigenvalue weighted by molar-refractivity contribution is -0.136. The summed E-state index contributed by atoms with van der Waals surface area (Å²) in [5.41, 5.74) is 1.50. The zero-order chi connectivity index (χ0) is 36.1. The van der Waals surface area contributed by atoms with Gasteiger partial charge >= 0.3 is 6.18 Å². The molecule has 0 bridgehead atoms. The third-order valence-electron chi connectivity index (χ3n) is 9.08. The molecule has 2 amide bonds. The van der Waals surface area contributed by atoms with E-state index >= 15 is 13.2 Å². The second-order valence-corrected chi connectivity index (χ2v) is 12.9. The average Bonchev–Trinajstić information content (AvgIpc) is 3.74. The van der Waals surface area contributed by atoms with Gasteiger partial charge in [0.1, 0.15) is 5.75 Å². The van der Waals surface area contributed by atoms with Crippen molar-refractivity contribution in [2.75, 3.05) is 27.3 Å². The fraction of sp³-hybridized carbons (Fsp3) is 0.351. The Bertz CT molecular complexity index is 1920. The Kier molecular flexibility index (Phi) is 11.1. The van der Waals surface area contributed by atoms with Gasteiger partial charge in [-0.15, -0.1) is 0 Å². The third-order valence-corrected chi connectivity index (χ3v) is 9.46. The highest BCUT2D eigenvalue weighted by atomic mass is 35.5. The van der Waals surface area contributed by atoms with Crippen molar-refractivity contribution in [1.82, 2.24) is 31.2 Å². The van der Waals surface area contributed by atoms with Crippen LogP contribution in [0.4, 0.5) is 13.2 Å². The largest absolute Gasteiger partial charge is 0.496 e. The average molecular weight is 723 g/mol. The smallest absolute Gasteiger partial charge is 0.417 e. The van der Waals surface area contributed by atoms with Crippen molar-refractivity contribution in [1.29, 1.82) is 0 Å². The molecule has 2 aromatic heterocycles. The molecule has 0 aliphatic carbocycles. The maximum absolute atomic E-state index is 15.0. The van der Waals surface area contributed by atoms with Crippen LogP contribution in [-0.2, 0) is 28.9 Å². The number of rotatable bonds is 13. The molecule has 2 aliphatic rings. The van der Waals surface area contributed by atoms with Gasteiger partial charge in [0, 0.05) is 85.1 Å². The highest BCUT2D eigenvalue weighted by Gasteiger charge is 2.38. The van der Waals surface area contributed by atoms with E-state index in [2.05, 4.69) is 31.2 Å². The number of hydrogen-bond acceptors (Lipinski definition) is 8. The molecule has 2 atom stereocenters. The van der Waals surface area contributed by atoms with Crippen LogP contribution in [0.3, 0.4) is 0 Å². The number of methoxy groups -OCH3 is 2. The number of halogens is 4. The van der Waals surface area contributed by atoms with Crippen LogP contribution < -0.4 is 30.7 Å². The van der Waals surface area contributed by atoms with Gasteiger partial charge in [-0.05, 0) is 36.6 Å². The molecule has 6 rings (SSSR count). The topological polar surface area (TPSA) is 126 Å². The van der Waals surface area contributed by atoms with Gasteiger partial charge in [0.15, 0.2) is 0 Å². The Morgan fingerprint density at radius 1 is 0.843 bits per heavy atom. The molecule has 0 spiro atoms. The summed E-state index contributed by atoms with van der Waals surface area (Å²) in [6.45, 7) is 1.99. The lowest BCUT2D eigenvalue weighted by Gasteiger charge is -2.20. The molecule has 0 radical (unpaired) electrons. The zero-order valence-corrected chi connectivity index (χ0v) is 28.9. The molecular weight excluding hydrogens is 685 g/mol. The number of nitrogens with zero attached hydrogens (tertiary/aromatic N) is 2. The molecule has 14 heteroatoms. The molecule has 4 N–H and O–H groups in total. The van der Waals surface area contributed by atoms with Gasteiger partial charge in [-0.1, -0.05) is 48.0 Å². The van der Waals surface area contributed by atoms with Crippen molar-refractivity contribution >= 4 is 23.4 Å². The minimum atomic E-state index is -4.77. The number of alkyl halides is 3. The SMILES string of the molecule is COc1cc(-c2nccc(-c3cccc(-c4ccc(CNC[C@H]5CCC(=O)N5)c(OC)n4)c3C(F)(F)F)c2Cl)ccc1CNC[C@@H]1CCC(=O)N1. The van der Waals surface area contributed by atoms with E-state index in [4.69, 9.17) is 21.1 Å². The first-order valence-electron chi connectivity index (χ1n) is 16.6. The summed E-state index contributed by atoms with van der Waals surface area (Å²) in [6.07, 6.45) is -0.807. The quantitative estimate of drug-likeness (QED) is 0.134. The van der Waals surface area contributed by atoms with E-state index in [0.29, 0.717) is 61.6 Å². The van der Waals surface area contributed by atoms with E-state index in [1.165, 1.54) is 50.7 Å². The molecule has 4 aromatic rings. The Morgan fingerprint density at radius 2 is 1.49 bits per heavy atom. The van der Waals surface area contributed by atoms with Crippen molar-refractivity contribution in [2.24, 2.45) is 0 Å². The summed E-state index contributed by atoms with van der Waals surface area (Å²) in [7, 11) is 2.96. The molecule has 2 saturated heterocycles. The molecule has 0 unspecified atom stereocenters. The summed E-state index contributed by atoms with van der Waals surface area (Å²) >= 11 is 6.89. The number of carbonyl (C=O) groups excluding carboxylic acids is 2. The lowest BCUT2D eigenvalue weighted by Crippen LogP contribution is -2.35. The Hall–Kier alpha value is -4.72. The van der Waals surface area contributed by atoms with Crippen molar-refractivity contribution in [2.45, 2.75) is 57.0 Å². The van der Waals surface area contributed by atoms with Crippen LogP contribution in [0.5, 0.6) is 11.6 Å². The van der Waals surface area contributed by atoms with E-state index in [0.717, 1.165) is 18.4 Å². The number of ether oxygens (including phenoxy) is 2. The summed E-state index contributed by atoms with van der Waals surface area (Å²) < 4.78 is 56.1. The molecule has 2 aromatic carbocycles. The van der Waals surface area contributed by atoms with Crippen LogP contribution in [0.1, 0.15) is 42.4 Å². The van der Waals surface area contributed by atoms with E-state index in [1.54, 1.807) is 18.2 Å². The van der Waals surface area contributed by atoms with Gasteiger partial charge in [0.05, 0.1) is 36.2 Å². The first kappa shape index (κ1) is 36.1. The minimum Gasteiger partial charge on any atom is -0.496 e. The highest BCUT2D eigenvalue weighted by Crippen LogP contribution is 2.46. The van der Waals surface area contributed by atoms with Crippen LogP contribution in [0.15, 0.2) is 60.8 Å². The summed E-state index contributed by atoms with van der Waals surface area (Å²) in [5.74, 6) is 0.814. The van der Waals surface area contributed by atoms with Gasteiger partial charge in [0.25, 0.3) is 0 Å². The van der Waals surface area contributed by atoms with E-state index in [-0.39, 0.29) is 57.2 Å². The first-order valence-corrected chi connectivity index (χ1v) is 17.0. The fourth-order valence-corrected chi connectivity index (χ4v) is 6.86. The van der Waals surface area contributed by atoms with Gasteiger partial charge in [-0.25, -0.2) is 4.98 Å². The predicted octanol–water partition coefficient (Wildman–Crippen LogP) is 5.90. The predicted molar refractivity (Wildman–Crippen MR) is 187 cm³/mol.